The molecule has 0 atom stereocenters. The molecule has 5 rings (SSSR count). The van der Waals surface area contributed by atoms with Gasteiger partial charge in [0.2, 0.25) is 0 Å². The quantitative estimate of drug-likeness (QED) is 0.501. The van der Waals surface area contributed by atoms with Gasteiger partial charge in [-0.2, -0.15) is 0 Å². The van der Waals surface area contributed by atoms with E-state index in [4.69, 9.17) is 0 Å². The molecule has 110 valence electrons. The average Bonchev–Trinajstić information content (AvgIpc) is 3.30. The lowest BCUT2D eigenvalue weighted by Gasteiger charge is -2.12. The topological polar surface area (TPSA) is 65.8 Å². The minimum Gasteiger partial charge on any atom is -0.298 e. The number of imidazole rings is 3. The third kappa shape index (κ3) is 1.70. The first-order valence-corrected chi connectivity index (χ1v) is 7.14. The van der Waals surface area contributed by atoms with Gasteiger partial charge in [0, 0.05) is 12.4 Å². The first kappa shape index (κ1) is 12.1. The van der Waals surface area contributed by atoms with Crippen LogP contribution in [0, 0.1) is 0 Å². The van der Waals surface area contributed by atoms with Gasteiger partial charge in [0.05, 0.1) is 23.8 Å². The molecule has 0 fully saturated rings. The number of nitrogens with zero attached hydrogens (tertiary/aromatic N) is 7. The highest BCUT2D eigenvalue weighted by Crippen LogP contribution is 2.24. The van der Waals surface area contributed by atoms with Gasteiger partial charge in [0.1, 0.15) is 30.1 Å². The van der Waals surface area contributed by atoms with Crippen LogP contribution in [0.15, 0.2) is 68.0 Å². The molecule has 0 N–H and O–H groups in total. The van der Waals surface area contributed by atoms with Crippen molar-refractivity contribution in [2.45, 2.75) is 0 Å². The Labute approximate surface area is 130 Å². The van der Waals surface area contributed by atoms with Crippen molar-refractivity contribution in [2.75, 3.05) is 0 Å². The molecule has 0 radical (unpaired) electrons. The zero-order valence-corrected chi connectivity index (χ0v) is 12.0. The molecule has 5 aromatic rings. The van der Waals surface area contributed by atoms with E-state index in [2.05, 4.69) is 30.6 Å². The molecule has 0 bridgehead atoms. The largest absolute Gasteiger partial charge is 0.298 e. The fourth-order valence-corrected chi connectivity index (χ4v) is 2.83. The number of rotatable bonds is 2. The van der Waals surface area contributed by atoms with E-state index >= 15 is 0 Å². The van der Waals surface area contributed by atoms with Gasteiger partial charge in [-0.25, -0.2) is 19.9 Å². The predicted molar refractivity (Wildman–Crippen MR) is 84.7 cm³/mol. The molecule has 0 saturated heterocycles. The maximum absolute atomic E-state index is 4.38. The van der Waals surface area contributed by atoms with Crippen LogP contribution in [0.2, 0.25) is 0 Å². The molecule has 0 amide bonds. The van der Waals surface area contributed by atoms with Gasteiger partial charge in [-0.15, -0.1) is 0 Å². The number of benzene rings is 1. The Kier molecular flexibility index (Phi) is 2.37. The van der Waals surface area contributed by atoms with E-state index in [-0.39, 0.29) is 0 Å². The Hall–Kier alpha value is -3.48. The van der Waals surface area contributed by atoms with E-state index in [9.17, 15) is 0 Å². The third-order valence-electron chi connectivity index (χ3n) is 3.88. The van der Waals surface area contributed by atoms with Crippen LogP contribution in [-0.2, 0) is 0 Å². The standard InChI is InChI=1S/C16H11N7/c1-2-4-14(23-11-20-12-7-17-9-19-16(12)23)13(3-1)22-6-5-21-10-18-8-15(21)22/h1-11H. The van der Waals surface area contributed by atoms with E-state index in [1.165, 1.54) is 6.33 Å². The molecule has 7 heteroatoms. The molecule has 0 spiro atoms. The van der Waals surface area contributed by atoms with Crippen LogP contribution in [0.5, 0.6) is 0 Å². The summed E-state index contributed by atoms with van der Waals surface area (Å²) in [6.45, 7) is 0. The summed E-state index contributed by atoms with van der Waals surface area (Å²) in [5.74, 6) is 0. The molecule has 23 heavy (non-hydrogen) atoms. The van der Waals surface area contributed by atoms with Gasteiger partial charge in [0.15, 0.2) is 5.65 Å². The second kappa shape index (κ2) is 4.51. The smallest absolute Gasteiger partial charge is 0.167 e. The van der Waals surface area contributed by atoms with Gasteiger partial charge >= 0.3 is 0 Å². The van der Waals surface area contributed by atoms with Crippen molar-refractivity contribution in [1.82, 2.24) is 33.5 Å². The van der Waals surface area contributed by atoms with Gasteiger partial charge in [-0.05, 0) is 12.1 Å². The fourth-order valence-electron chi connectivity index (χ4n) is 2.83. The average molecular weight is 301 g/mol. The minimum atomic E-state index is 0.768. The summed E-state index contributed by atoms with van der Waals surface area (Å²) in [7, 11) is 0. The Morgan fingerprint density at radius 1 is 0.783 bits per heavy atom. The van der Waals surface area contributed by atoms with Crippen molar-refractivity contribution in [1.29, 1.82) is 0 Å². The van der Waals surface area contributed by atoms with Gasteiger partial charge in [-0.1, -0.05) is 12.1 Å². The van der Waals surface area contributed by atoms with Crippen molar-refractivity contribution in [3.05, 3.63) is 68.0 Å². The summed E-state index contributed by atoms with van der Waals surface area (Å²) < 4.78 is 6.04. The molecule has 0 aliphatic rings. The monoisotopic (exact) mass is 301 g/mol. The highest BCUT2D eigenvalue weighted by molar-refractivity contribution is 5.73. The molecule has 0 aliphatic carbocycles. The molecule has 4 aromatic heterocycles. The Bertz CT molecular complexity index is 1130. The number of aromatic nitrogens is 7. The second-order valence-corrected chi connectivity index (χ2v) is 5.16. The summed E-state index contributed by atoms with van der Waals surface area (Å²) in [5, 5.41) is 0. The van der Waals surface area contributed by atoms with Crippen molar-refractivity contribution < 1.29 is 0 Å². The number of hydrogen-bond acceptors (Lipinski definition) is 4. The molecule has 1 aromatic carbocycles. The summed E-state index contributed by atoms with van der Waals surface area (Å²) in [6, 6.07) is 8.13. The summed E-state index contributed by atoms with van der Waals surface area (Å²) in [6.07, 6.45) is 12.6. The summed E-state index contributed by atoms with van der Waals surface area (Å²) in [5.41, 5.74) is 4.57. The van der Waals surface area contributed by atoms with Crippen LogP contribution in [0.4, 0.5) is 0 Å². The van der Waals surface area contributed by atoms with E-state index in [1.54, 1.807) is 18.9 Å². The summed E-state index contributed by atoms with van der Waals surface area (Å²) in [4.78, 5) is 17.0. The lowest BCUT2D eigenvalue weighted by Crippen LogP contribution is -2.02. The second-order valence-electron chi connectivity index (χ2n) is 5.16. The van der Waals surface area contributed by atoms with Crippen molar-refractivity contribution in [3.63, 3.8) is 0 Å². The van der Waals surface area contributed by atoms with Crippen LogP contribution < -0.4 is 0 Å². The number of para-hydroxylation sites is 2. The van der Waals surface area contributed by atoms with E-state index in [0.717, 1.165) is 28.2 Å². The molecular formula is C16H11N7. The van der Waals surface area contributed by atoms with E-state index < -0.39 is 0 Å². The highest BCUT2D eigenvalue weighted by Gasteiger charge is 2.12. The zero-order chi connectivity index (χ0) is 15.2. The van der Waals surface area contributed by atoms with Crippen molar-refractivity contribution >= 4 is 16.8 Å². The van der Waals surface area contributed by atoms with Crippen LogP contribution >= 0.6 is 0 Å². The van der Waals surface area contributed by atoms with Crippen LogP contribution in [0.1, 0.15) is 0 Å². The fraction of sp³-hybridized carbons (Fsp3) is 0. The molecule has 0 saturated carbocycles. The molecule has 4 heterocycles. The maximum Gasteiger partial charge on any atom is 0.167 e. The SMILES string of the molecule is c1ccc(-n2ccn3cncc23)c(-n2cnc3cncnc32)c1. The van der Waals surface area contributed by atoms with Crippen LogP contribution in [0.25, 0.3) is 28.2 Å². The van der Waals surface area contributed by atoms with Crippen molar-refractivity contribution in [3.8, 4) is 11.4 Å². The molecule has 7 nitrogen and oxygen atoms in total. The first-order chi connectivity index (χ1) is 11.4. The van der Waals surface area contributed by atoms with E-state index in [0.29, 0.717) is 0 Å². The molecular weight excluding hydrogens is 290 g/mol. The lowest BCUT2D eigenvalue weighted by atomic mass is 10.2. The number of hydrogen-bond donors (Lipinski definition) is 0. The van der Waals surface area contributed by atoms with Crippen LogP contribution in [-0.4, -0.2) is 33.5 Å². The Morgan fingerprint density at radius 2 is 1.65 bits per heavy atom. The minimum absolute atomic E-state index is 0.768. The third-order valence-corrected chi connectivity index (χ3v) is 3.88. The number of fused-ring (bicyclic) bond motifs is 2. The van der Waals surface area contributed by atoms with Gasteiger partial charge in [-0.3, -0.25) is 13.5 Å². The molecule has 0 aliphatic heterocycles. The predicted octanol–water partition coefficient (Wildman–Crippen LogP) is 2.25. The van der Waals surface area contributed by atoms with Gasteiger partial charge in [0.25, 0.3) is 0 Å². The highest BCUT2D eigenvalue weighted by atomic mass is 15.2. The Balaban J connectivity index is 1.81. The van der Waals surface area contributed by atoms with Crippen LogP contribution in [0.3, 0.4) is 0 Å². The first-order valence-electron chi connectivity index (χ1n) is 7.14. The summed E-state index contributed by atoms with van der Waals surface area (Å²) >= 11 is 0. The zero-order valence-electron chi connectivity index (χ0n) is 12.0. The maximum atomic E-state index is 4.38. The lowest BCUT2D eigenvalue weighted by molar-refractivity contribution is 1.01. The van der Waals surface area contributed by atoms with E-state index in [1.807, 2.05) is 45.8 Å². The Morgan fingerprint density at radius 3 is 2.57 bits per heavy atom. The van der Waals surface area contributed by atoms with Crippen molar-refractivity contribution in [2.24, 2.45) is 0 Å². The van der Waals surface area contributed by atoms with Gasteiger partial charge < -0.3 is 0 Å². The normalized spacial score (nSPS) is 11.5. The molecule has 0 unspecified atom stereocenters.